The van der Waals surface area contributed by atoms with Crippen molar-refractivity contribution in [3.63, 3.8) is 0 Å². The maximum atomic E-state index is 13.1. The van der Waals surface area contributed by atoms with Gasteiger partial charge in [0.05, 0.1) is 11.7 Å². The molecule has 1 heterocycles. The Morgan fingerprint density at radius 2 is 1.84 bits per heavy atom. The Balaban J connectivity index is 1.39. The molecule has 0 saturated heterocycles. The third-order valence-corrected chi connectivity index (χ3v) is 5.30. The van der Waals surface area contributed by atoms with Crippen molar-refractivity contribution in [3.8, 4) is 11.3 Å². The van der Waals surface area contributed by atoms with Crippen LogP contribution in [0.4, 0.5) is 9.18 Å². The number of carbonyl (C=O) groups is 2. The van der Waals surface area contributed by atoms with Crippen molar-refractivity contribution in [1.82, 2.24) is 25.7 Å². The molecular formula is C24H28FN5O2. The minimum atomic E-state index is -0.509. The maximum absolute atomic E-state index is 13.1. The number of rotatable bonds is 9. The number of aryl methyl sites for hydroxylation is 1. The summed E-state index contributed by atoms with van der Waals surface area (Å²) < 4.78 is 13.1. The van der Waals surface area contributed by atoms with Crippen LogP contribution in [0.5, 0.6) is 0 Å². The molecule has 3 N–H and O–H groups in total. The van der Waals surface area contributed by atoms with Gasteiger partial charge in [0.1, 0.15) is 5.82 Å². The van der Waals surface area contributed by atoms with Gasteiger partial charge in [0.15, 0.2) is 0 Å². The molecule has 3 rings (SSSR count). The second-order valence-electron chi connectivity index (χ2n) is 7.70. The Morgan fingerprint density at radius 3 is 2.56 bits per heavy atom. The van der Waals surface area contributed by atoms with Crippen molar-refractivity contribution < 1.29 is 14.0 Å². The van der Waals surface area contributed by atoms with Crippen LogP contribution >= 0.6 is 0 Å². The molecule has 7 nitrogen and oxygen atoms in total. The van der Waals surface area contributed by atoms with E-state index in [1.807, 2.05) is 48.3 Å². The van der Waals surface area contributed by atoms with E-state index < -0.39 is 12.1 Å². The van der Waals surface area contributed by atoms with Gasteiger partial charge >= 0.3 is 6.03 Å². The average molecular weight is 438 g/mol. The summed E-state index contributed by atoms with van der Waals surface area (Å²) in [7, 11) is 1.85. The van der Waals surface area contributed by atoms with Gasteiger partial charge < -0.3 is 5.32 Å². The number of hydrogen-bond acceptors (Lipinski definition) is 4. The van der Waals surface area contributed by atoms with E-state index in [0.29, 0.717) is 13.1 Å². The Hall–Kier alpha value is -3.52. The molecule has 0 aliphatic carbocycles. The normalized spacial score (nSPS) is 11.9. The lowest BCUT2D eigenvalue weighted by atomic mass is 10.1. The van der Waals surface area contributed by atoms with Crippen molar-refractivity contribution in [3.05, 3.63) is 77.7 Å². The van der Waals surface area contributed by atoms with E-state index >= 15 is 0 Å². The molecule has 32 heavy (non-hydrogen) atoms. The standard InChI is InChI=1S/C24H28FN5O2/c1-17(23(31)27-24(32)26-16-18-7-4-3-5-8-18)30(2)14-6-9-21-15-22(29-28-21)19-10-12-20(25)13-11-19/h3-5,7-8,10-13,15,17H,6,9,14,16H2,1-2H3,(H,28,29)(H2,26,27,31,32). The summed E-state index contributed by atoms with van der Waals surface area (Å²) in [6, 6.07) is 16.7. The van der Waals surface area contributed by atoms with Gasteiger partial charge in [-0.1, -0.05) is 30.3 Å². The number of amides is 3. The highest BCUT2D eigenvalue weighted by atomic mass is 19.1. The van der Waals surface area contributed by atoms with Crippen molar-refractivity contribution in [2.24, 2.45) is 0 Å². The topological polar surface area (TPSA) is 90.1 Å². The molecule has 0 radical (unpaired) electrons. The lowest BCUT2D eigenvalue weighted by Gasteiger charge is -2.23. The molecule has 0 fully saturated rings. The van der Waals surface area contributed by atoms with Crippen LogP contribution in [0.1, 0.15) is 24.6 Å². The first-order valence-electron chi connectivity index (χ1n) is 10.6. The van der Waals surface area contributed by atoms with Crippen LogP contribution in [0.2, 0.25) is 0 Å². The molecule has 1 aromatic heterocycles. The average Bonchev–Trinajstić information content (AvgIpc) is 3.27. The Labute approximate surface area is 187 Å². The largest absolute Gasteiger partial charge is 0.334 e. The number of nitrogens with one attached hydrogen (secondary N) is 3. The van der Waals surface area contributed by atoms with E-state index in [2.05, 4.69) is 20.8 Å². The molecule has 3 aromatic rings. The van der Waals surface area contributed by atoms with Gasteiger partial charge in [-0.25, -0.2) is 9.18 Å². The van der Waals surface area contributed by atoms with E-state index in [4.69, 9.17) is 0 Å². The summed E-state index contributed by atoms with van der Waals surface area (Å²) in [6.07, 6.45) is 1.56. The van der Waals surface area contributed by atoms with Gasteiger partial charge in [-0.05, 0) is 69.3 Å². The molecule has 3 amide bonds. The summed E-state index contributed by atoms with van der Waals surface area (Å²) in [5.74, 6) is -0.627. The fourth-order valence-corrected chi connectivity index (χ4v) is 3.21. The molecule has 1 atom stereocenters. The summed E-state index contributed by atoms with van der Waals surface area (Å²) >= 11 is 0. The van der Waals surface area contributed by atoms with Crippen LogP contribution in [0.15, 0.2) is 60.7 Å². The minimum absolute atomic E-state index is 0.278. The van der Waals surface area contributed by atoms with Crippen molar-refractivity contribution >= 4 is 11.9 Å². The number of imide groups is 1. The van der Waals surface area contributed by atoms with Crippen LogP contribution in [-0.4, -0.2) is 46.7 Å². The first kappa shape index (κ1) is 23.1. The van der Waals surface area contributed by atoms with Crippen LogP contribution < -0.4 is 10.6 Å². The predicted octanol–water partition coefficient (Wildman–Crippen LogP) is 3.49. The van der Waals surface area contributed by atoms with E-state index in [0.717, 1.165) is 35.4 Å². The van der Waals surface area contributed by atoms with Crippen LogP contribution in [0, 0.1) is 5.82 Å². The lowest BCUT2D eigenvalue weighted by molar-refractivity contribution is -0.124. The van der Waals surface area contributed by atoms with Gasteiger partial charge in [0, 0.05) is 17.8 Å². The number of urea groups is 1. The number of aromatic nitrogens is 2. The fraction of sp³-hybridized carbons (Fsp3) is 0.292. The number of H-pyrrole nitrogens is 1. The van der Waals surface area contributed by atoms with E-state index in [1.165, 1.54) is 12.1 Å². The second-order valence-corrected chi connectivity index (χ2v) is 7.70. The molecule has 0 saturated carbocycles. The highest BCUT2D eigenvalue weighted by molar-refractivity contribution is 5.96. The molecule has 0 spiro atoms. The molecule has 0 aliphatic rings. The minimum Gasteiger partial charge on any atom is -0.334 e. The third-order valence-electron chi connectivity index (χ3n) is 5.30. The van der Waals surface area contributed by atoms with Crippen LogP contribution in [-0.2, 0) is 17.8 Å². The number of likely N-dealkylation sites (N-methyl/N-ethyl adjacent to an activating group) is 1. The van der Waals surface area contributed by atoms with Crippen LogP contribution in [0.25, 0.3) is 11.3 Å². The van der Waals surface area contributed by atoms with Crippen molar-refractivity contribution in [2.75, 3.05) is 13.6 Å². The zero-order valence-electron chi connectivity index (χ0n) is 18.3. The quantitative estimate of drug-likeness (QED) is 0.478. The molecule has 2 aromatic carbocycles. The predicted molar refractivity (Wildman–Crippen MR) is 121 cm³/mol. The van der Waals surface area contributed by atoms with Crippen LogP contribution in [0.3, 0.4) is 0 Å². The Kier molecular flexibility index (Phi) is 8.10. The van der Waals surface area contributed by atoms with Gasteiger partial charge in [-0.3, -0.25) is 20.1 Å². The number of halogens is 1. The zero-order chi connectivity index (χ0) is 22.9. The number of hydrogen-bond donors (Lipinski definition) is 3. The zero-order valence-corrected chi connectivity index (χ0v) is 18.3. The first-order valence-corrected chi connectivity index (χ1v) is 10.6. The summed E-state index contributed by atoms with van der Waals surface area (Å²) in [6.45, 7) is 2.79. The maximum Gasteiger partial charge on any atom is 0.321 e. The highest BCUT2D eigenvalue weighted by Crippen LogP contribution is 2.18. The van der Waals surface area contributed by atoms with Gasteiger partial charge in [0.25, 0.3) is 0 Å². The number of aromatic amines is 1. The van der Waals surface area contributed by atoms with Crippen molar-refractivity contribution in [2.45, 2.75) is 32.4 Å². The molecule has 168 valence electrons. The SMILES string of the molecule is CC(C(=O)NC(=O)NCc1ccccc1)N(C)CCCc1cc(-c2ccc(F)cc2)n[nH]1. The number of carbonyl (C=O) groups excluding carboxylic acids is 2. The van der Waals surface area contributed by atoms with E-state index in [-0.39, 0.29) is 11.7 Å². The molecule has 0 bridgehead atoms. The smallest absolute Gasteiger partial charge is 0.321 e. The third kappa shape index (κ3) is 6.75. The first-order chi connectivity index (χ1) is 15.4. The molecule has 0 aliphatic heterocycles. The van der Waals surface area contributed by atoms with E-state index in [9.17, 15) is 14.0 Å². The molecular weight excluding hydrogens is 409 g/mol. The van der Waals surface area contributed by atoms with Gasteiger partial charge in [-0.15, -0.1) is 0 Å². The summed E-state index contributed by atoms with van der Waals surface area (Å²) in [4.78, 5) is 26.3. The second kappa shape index (κ2) is 11.2. The summed E-state index contributed by atoms with van der Waals surface area (Å²) in [5.41, 5.74) is 3.54. The molecule has 1 unspecified atom stereocenters. The monoisotopic (exact) mass is 437 g/mol. The Morgan fingerprint density at radius 1 is 1.12 bits per heavy atom. The van der Waals surface area contributed by atoms with Gasteiger partial charge in [-0.2, -0.15) is 5.10 Å². The number of benzene rings is 2. The lowest BCUT2D eigenvalue weighted by Crippen LogP contribution is -2.48. The molecule has 8 heteroatoms. The highest BCUT2D eigenvalue weighted by Gasteiger charge is 2.19. The van der Waals surface area contributed by atoms with E-state index in [1.54, 1.807) is 19.1 Å². The number of nitrogens with zero attached hydrogens (tertiary/aromatic N) is 2. The van der Waals surface area contributed by atoms with Crippen molar-refractivity contribution in [1.29, 1.82) is 0 Å². The Bertz CT molecular complexity index is 1020. The summed E-state index contributed by atoms with van der Waals surface area (Å²) in [5, 5.41) is 12.4. The van der Waals surface area contributed by atoms with Gasteiger partial charge in [0.2, 0.25) is 5.91 Å². The fourth-order valence-electron chi connectivity index (χ4n) is 3.21.